The van der Waals surface area contributed by atoms with E-state index in [1.54, 1.807) is 11.0 Å². The van der Waals surface area contributed by atoms with Gasteiger partial charge in [-0.3, -0.25) is 4.79 Å². The first-order valence-electron chi connectivity index (χ1n) is 12.2. The molecule has 0 radical (unpaired) electrons. The maximum absolute atomic E-state index is 13.0. The van der Waals surface area contributed by atoms with Crippen LogP contribution in [0.15, 0.2) is 78.9 Å². The van der Waals surface area contributed by atoms with Gasteiger partial charge in [0, 0.05) is 19.3 Å². The topological polar surface area (TPSA) is 72.9 Å². The van der Waals surface area contributed by atoms with Crippen molar-refractivity contribution in [1.29, 1.82) is 0 Å². The fraction of sp³-hybridized carbons (Fsp3) is 0.310. The molecule has 3 amide bonds. The van der Waals surface area contributed by atoms with Crippen LogP contribution >= 0.6 is 0 Å². The molecule has 1 aliphatic heterocycles. The minimum absolute atomic E-state index is 0.0645. The zero-order valence-corrected chi connectivity index (χ0v) is 21.4. The van der Waals surface area contributed by atoms with Gasteiger partial charge in [0.05, 0.1) is 12.6 Å². The Balaban J connectivity index is 0.000000260. The van der Waals surface area contributed by atoms with Gasteiger partial charge in [-0.05, 0) is 48.2 Å². The Hall–Kier alpha value is -3.71. The number of hydrogen-bond donors (Lipinski definition) is 2. The highest BCUT2D eigenvalue weighted by Crippen LogP contribution is 2.22. The summed E-state index contributed by atoms with van der Waals surface area (Å²) < 4.78 is 13.0. The molecule has 1 saturated heterocycles. The number of nitrogens with one attached hydrogen (secondary N) is 1. The fourth-order valence-corrected chi connectivity index (χ4v) is 3.62. The molecule has 1 aliphatic rings. The van der Waals surface area contributed by atoms with Crippen LogP contribution in [0.2, 0.25) is 0 Å². The summed E-state index contributed by atoms with van der Waals surface area (Å²) >= 11 is 0. The Kier molecular flexibility index (Phi) is 11.6. The largest absolute Gasteiger partial charge is 0.394 e. The number of carbonyl (C=O) groups is 2. The van der Waals surface area contributed by atoms with Crippen molar-refractivity contribution in [1.82, 2.24) is 9.80 Å². The van der Waals surface area contributed by atoms with E-state index in [2.05, 4.69) is 60.8 Å². The van der Waals surface area contributed by atoms with Crippen LogP contribution in [-0.2, 0) is 4.79 Å². The van der Waals surface area contributed by atoms with Crippen LogP contribution in [0.3, 0.4) is 0 Å². The highest BCUT2D eigenvalue weighted by atomic mass is 19.1. The van der Waals surface area contributed by atoms with Crippen molar-refractivity contribution in [3.63, 3.8) is 0 Å². The number of rotatable bonds is 5. The van der Waals surface area contributed by atoms with Gasteiger partial charge in [0.2, 0.25) is 5.91 Å². The van der Waals surface area contributed by atoms with Crippen molar-refractivity contribution >= 4 is 17.6 Å². The summed E-state index contributed by atoms with van der Waals surface area (Å²) in [6.07, 6.45) is 0.779. The van der Waals surface area contributed by atoms with Crippen LogP contribution in [0.4, 0.5) is 14.9 Å². The van der Waals surface area contributed by atoms with Crippen molar-refractivity contribution in [2.75, 3.05) is 32.1 Å². The van der Waals surface area contributed by atoms with E-state index in [9.17, 15) is 14.0 Å². The number of amides is 3. The van der Waals surface area contributed by atoms with Gasteiger partial charge in [-0.15, -0.1) is 0 Å². The second-order valence-electron chi connectivity index (χ2n) is 8.19. The second kappa shape index (κ2) is 14.6. The number of halogens is 1. The molecular formula is C29H36FN3O3. The average Bonchev–Trinajstić information content (AvgIpc) is 2.86. The molecule has 1 unspecified atom stereocenters. The van der Waals surface area contributed by atoms with E-state index in [1.807, 2.05) is 19.9 Å². The number of aryl methyl sites for hydroxylation is 1. The molecule has 0 aliphatic carbocycles. The third kappa shape index (κ3) is 8.20. The number of benzene rings is 3. The lowest BCUT2D eigenvalue weighted by atomic mass is 10.0. The van der Waals surface area contributed by atoms with Gasteiger partial charge in [-0.25, -0.2) is 9.18 Å². The normalized spacial score (nSPS) is 13.7. The maximum Gasteiger partial charge on any atom is 0.322 e. The summed E-state index contributed by atoms with van der Waals surface area (Å²) in [5.74, 6) is -0.657. The van der Waals surface area contributed by atoms with Crippen molar-refractivity contribution < 1.29 is 19.1 Å². The summed E-state index contributed by atoms with van der Waals surface area (Å²) in [6, 6.07) is 23.8. The first-order valence-corrected chi connectivity index (χ1v) is 12.2. The van der Waals surface area contributed by atoms with E-state index in [-0.39, 0.29) is 25.1 Å². The highest BCUT2D eigenvalue weighted by Gasteiger charge is 2.32. The molecule has 2 N–H and O–H groups in total. The van der Waals surface area contributed by atoms with Gasteiger partial charge in [0.15, 0.2) is 0 Å². The van der Waals surface area contributed by atoms with Crippen molar-refractivity contribution in [2.24, 2.45) is 0 Å². The van der Waals surface area contributed by atoms with Gasteiger partial charge in [-0.1, -0.05) is 74.5 Å². The van der Waals surface area contributed by atoms with Crippen molar-refractivity contribution in [3.05, 3.63) is 90.2 Å². The number of hydrogen-bond acceptors (Lipinski definition) is 3. The number of likely N-dealkylation sites (N-methyl/N-ethyl adjacent to an activating group) is 1. The summed E-state index contributed by atoms with van der Waals surface area (Å²) in [7, 11) is 1.49. The van der Waals surface area contributed by atoms with Crippen LogP contribution in [0.25, 0.3) is 11.1 Å². The quantitative estimate of drug-likeness (QED) is 0.488. The van der Waals surface area contributed by atoms with E-state index in [0.717, 1.165) is 6.42 Å². The van der Waals surface area contributed by atoms with E-state index in [1.165, 1.54) is 46.8 Å². The van der Waals surface area contributed by atoms with Crippen LogP contribution in [0.5, 0.6) is 0 Å². The SMILES string of the molecule is CC.CN(CC(=O)N1CCC1CO)C(=O)Nc1cccc(F)c1.Cc1ccccc1-c1ccccc1. The lowest BCUT2D eigenvalue weighted by Gasteiger charge is -2.40. The van der Waals surface area contributed by atoms with E-state index >= 15 is 0 Å². The molecule has 0 aromatic heterocycles. The predicted molar refractivity (Wildman–Crippen MR) is 143 cm³/mol. The van der Waals surface area contributed by atoms with Crippen LogP contribution < -0.4 is 5.32 Å². The molecule has 36 heavy (non-hydrogen) atoms. The molecule has 1 heterocycles. The zero-order chi connectivity index (χ0) is 26.5. The Morgan fingerprint density at radius 3 is 2.28 bits per heavy atom. The first kappa shape index (κ1) is 28.5. The maximum atomic E-state index is 13.0. The number of anilines is 1. The van der Waals surface area contributed by atoms with Gasteiger partial charge in [-0.2, -0.15) is 0 Å². The Bertz CT molecular complexity index is 1110. The molecule has 3 aromatic carbocycles. The van der Waals surface area contributed by atoms with E-state index < -0.39 is 11.8 Å². The molecule has 3 aromatic rings. The predicted octanol–water partition coefficient (Wildman–Crippen LogP) is 5.57. The standard InChI is InChI=1S/C14H18FN3O3.C13H12.C2H6/c1-17(8-13(20)18-6-5-12(18)9-19)14(21)16-11-4-2-3-10(15)7-11;1-11-7-5-6-10-13(11)12-8-3-2-4-9-12;1-2/h2-4,7,12,19H,5-6,8-9H2,1H3,(H,16,21);2-10H,1H3;1-2H3. The number of carbonyl (C=O) groups excluding carboxylic acids is 2. The van der Waals surface area contributed by atoms with Crippen molar-refractivity contribution in [2.45, 2.75) is 33.2 Å². The lowest BCUT2D eigenvalue weighted by molar-refractivity contribution is -0.140. The third-order valence-corrected chi connectivity index (χ3v) is 5.70. The smallest absolute Gasteiger partial charge is 0.322 e. The summed E-state index contributed by atoms with van der Waals surface area (Å²) in [5, 5.41) is 11.6. The third-order valence-electron chi connectivity index (χ3n) is 5.70. The van der Waals surface area contributed by atoms with Gasteiger partial charge in [0.1, 0.15) is 12.4 Å². The molecular weight excluding hydrogens is 457 g/mol. The number of aliphatic hydroxyl groups is 1. The zero-order valence-electron chi connectivity index (χ0n) is 21.4. The van der Waals surface area contributed by atoms with Crippen LogP contribution in [-0.4, -0.2) is 59.6 Å². The van der Waals surface area contributed by atoms with Crippen molar-refractivity contribution in [3.8, 4) is 11.1 Å². The molecule has 6 nitrogen and oxygen atoms in total. The number of likely N-dealkylation sites (tertiary alicyclic amines) is 1. The molecule has 1 fully saturated rings. The Morgan fingerprint density at radius 1 is 1.03 bits per heavy atom. The Morgan fingerprint density at radius 2 is 1.69 bits per heavy atom. The molecule has 192 valence electrons. The first-order chi connectivity index (χ1) is 17.4. The minimum atomic E-state index is -0.491. The van der Waals surface area contributed by atoms with Gasteiger partial charge < -0.3 is 20.2 Å². The minimum Gasteiger partial charge on any atom is -0.394 e. The average molecular weight is 494 g/mol. The van der Waals surface area contributed by atoms with Crippen LogP contribution in [0, 0.1) is 12.7 Å². The fourth-order valence-electron chi connectivity index (χ4n) is 3.62. The molecule has 0 saturated carbocycles. The lowest BCUT2D eigenvalue weighted by Crippen LogP contribution is -2.55. The second-order valence-corrected chi connectivity index (χ2v) is 8.19. The number of urea groups is 1. The molecule has 4 rings (SSSR count). The molecule has 1 atom stereocenters. The summed E-state index contributed by atoms with van der Waals surface area (Å²) in [5.41, 5.74) is 4.27. The molecule has 0 bridgehead atoms. The van der Waals surface area contributed by atoms with Crippen LogP contribution in [0.1, 0.15) is 25.8 Å². The van der Waals surface area contributed by atoms with E-state index in [4.69, 9.17) is 5.11 Å². The Labute approximate surface area is 213 Å². The van der Waals surface area contributed by atoms with Gasteiger partial charge in [0.25, 0.3) is 0 Å². The monoisotopic (exact) mass is 493 g/mol. The summed E-state index contributed by atoms with van der Waals surface area (Å²) in [6.45, 7) is 6.59. The molecule has 7 heteroatoms. The summed E-state index contributed by atoms with van der Waals surface area (Å²) in [4.78, 5) is 26.6. The highest BCUT2D eigenvalue weighted by molar-refractivity contribution is 5.92. The van der Waals surface area contributed by atoms with Gasteiger partial charge >= 0.3 is 6.03 Å². The van der Waals surface area contributed by atoms with E-state index in [0.29, 0.717) is 12.2 Å². The number of nitrogens with zero attached hydrogens (tertiary/aromatic N) is 2. The number of aliphatic hydroxyl groups excluding tert-OH is 1. The molecule has 0 spiro atoms.